The number of hydrogen-bond donors (Lipinski definition) is 1. The van der Waals surface area contributed by atoms with Crippen LogP contribution in [-0.2, 0) is 11.2 Å². The summed E-state index contributed by atoms with van der Waals surface area (Å²) in [6.45, 7) is 7.60. The number of carbonyl (C=O) groups is 1. The summed E-state index contributed by atoms with van der Waals surface area (Å²) in [6, 6.07) is 6.43. The zero-order chi connectivity index (χ0) is 16.2. The van der Waals surface area contributed by atoms with Gasteiger partial charge in [-0.1, -0.05) is 19.1 Å². The summed E-state index contributed by atoms with van der Waals surface area (Å²) in [5.74, 6) is 0.0993. The van der Waals surface area contributed by atoms with Crippen molar-refractivity contribution in [2.45, 2.75) is 45.6 Å². The number of fused-ring (bicyclic) bond motifs is 1. The number of piperidine rings is 1. The smallest absolute Gasteiger partial charge is 0.224 e. The van der Waals surface area contributed by atoms with E-state index in [-0.39, 0.29) is 5.91 Å². The van der Waals surface area contributed by atoms with Gasteiger partial charge in [-0.05, 0) is 44.4 Å². The Morgan fingerprint density at radius 1 is 1.35 bits per heavy atom. The van der Waals surface area contributed by atoms with Crippen LogP contribution in [0.4, 0.5) is 0 Å². The van der Waals surface area contributed by atoms with Crippen molar-refractivity contribution in [2.24, 2.45) is 0 Å². The van der Waals surface area contributed by atoms with Crippen LogP contribution in [0.1, 0.15) is 37.3 Å². The van der Waals surface area contributed by atoms with Crippen molar-refractivity contribution in [3.63, 3.8) is 0 Å². The van der Waals surface area contributed by atoms with E-state index in [4.69, 9.17) is 4.42 Å². The average Bonchev–Trinajstić information content (AvgIpc) is 2.91. The Morgan fingerprint density at radius 2 is 2.13 bits per heavy atom. The third kappa shape index (κ3) is 3.94. The Balaban J connectivity index is 1.55. The Kier molecular flexibility index (Phi) is 5.01. The number of aryl methyl sites for hydroxylation is 1. The van der Waals surface area contributed by atoms with Gasteiger partial charge in [-0.15, -0.1) is 0 Å². The van der Waals surface area contributed by atoms with Crippen LogP contribution in [0.3, 0.4) is 0 Å². The molecular formula is C19H26N2O2. The number of hydrogen-bond acceptors (Lipinski definition) is 3. The van der Waals surface area contributed by atoms with Crippen LogP contribution in [0.5, 0.6) is 0 Å². The van der Waals surface area contributed by atoms with Gasteiger partial charge in [-0.25, -0.2) is 0 Å². The fourth-order valence-electron chi connectivity index (χ4n) is 3.40. The highest BCUT2D eigenvalue weighted by Crippen LogP contribution is 2.23. The SMILES string of the molecule is CCCN1CCC(NC(=O)Cc2coc3cc(C)ccc23)CC1. The molecule has 1 aromatic carbocycles. The van der Waals surface area contributed by atoms with Crippen LogP contribution in [0, 0.1) is 6.92 Å². The molecule has 3 rings (SSSR count). The molecule has 2 heterocycles. The van der Waals surface area contributed by atoms with Crippen molar-refractivity contribution in [1.82, 2.24) is 10.2 Å². The molecule has 4 nitrogen and oxygen atoms in total. The molecule has 0 spiro atoms. The van der Waals surface area contributed by atoms with Crippen molar-refractivity contribution in [3.05, 3.63) is 35.6 Å². The van der Waals surface area contributed by atoms with Crippen LogP contribution < -0.4 is 5.32 Å². The minimum absolute atomic E-state index is 0.0993. The predicted octanol–water partition coefficient (Wildman–Crippen LogP) is 3.27. The lowest BCUT2D eigenvalue weighted by atomic mass is 10.0. The van der Waals surface area contributed by atoms with E-state index in [1.54, 1.807) is 6.26 Å². The minimum Gasteiger partial charge on any atom is -0.464 e. The van der Waals surface area contributed by atoms with Crippen LogP contribution in [0.25, 0.3) is 11.0 Å². The second-order valence-corrected chi connectivity index (χ2v) is 6.62. The molecule has 1 saturated heterocycles. The molecule has 0 saturated carbocycles. The molecule has 1 amide bonds. The summed E-state index contributed by atoms with van der Waals surface area (Å²) < 4.78 is 5.58. The zero-order valence-electron chi connectivity index (χ0n) is 14.1. The van der Waals surface area contributed by atoms with Gasteiger partial charge in [0.25, 0.3) is 0 Å². The van der Waals surface area contributed by atoms with E-state index in [0.717, 1.165) is 42.5 Å². The highest BCUT2D eigenvalue weighted by Gasteiger charge is 2.20. The van der Waals surface area contributed by atoms with Crippen molar-refractivity contribution < 1.29 is 9.21 Å². The molecule has 0 unspecified atom stereocenters. The van der Waals surface area contributed by atoms with Gasteiger partial charge in [0.1, 0.15) is 5.58 Å². The van der Waals surface area contributed by atoms with Gasteiger partial charge >= 0.3 is 0 Å². The fourth-order valence-corrected chi connectivity index (χ4v) is 3.40. The number of benzene rings is 1. The summed E-state index contributed by atoms with van der Waals surface area (Å²) in [4.78, 5) is 14.8. The zero-order valence-corrected chi connectivity index (χ0v) is 14.1. The number of carbonyl (C=O) groups excluding carboxylic acids is 1. The lowest BCUT2D eigenvalue weighted by Gasteiger charge is -2.32. The van der Waals surface area contributed by atoms with Crippen LogP contribution in [0.2, 0.25) is 0 Å². The van der Waals surface area contributed by atoms with E-state index in [0.29, 0.717) is 12.5 Å². The molecule has 1 aromatic heterocycles. The lowest BCUT2D eigenvalue weighted by Crippen LogP contribution is -2.45. The molecule has 23 heavy (non-hydrogen) atoms. The number of furan rings is 1. The quantitative estimate of drug-likeness (QED) is 0.921. The van der Waals surface area contributed by atoms with Gasteiger partial charge in [0, 0.05) is 30.1 Å². The first-order valence-electron chi connectivity index (χ1n) is 8.64. The molecule has 124 valence electrons. The molecule has 1 fully saturated rings. The van der Waals surface area contributed by atoms with Crippen LogP contribution >= 0.6 is 0 Å². The van der Waals surface area contributed by atoms with Gasteiger partial charge in [-0.3, -0.25) is 4.79 Å². The van der Waals surface area contributed by atoms with Crippen molar-refractivity contribution in [2.75, 3.05) is 19.6 Å². The number of nitrogens with one attached hydrogen (secondary N) is 1. The fraction of sp³-hybridized carbons (Fsp3) is 0.526. The van der Waals surface area contributed by atoms with Gasteiger partial charge in [-0.2, -0.15) is 0 Å². The molecule has 4 heteroatoms. The highest BCUT2D eigenvalue weighted by molar-refractivity contribution is 5.88. The van der Waals surface area contributed by atoms with E-state index in [2.05, 4.69) is 23.2 Å². The van der Waals surface area contributed by atoms with Gasteiger partial charge in [0.05, 0.1) is 12.7 Å². The van der Waals surface area contributed by atoms with Crippen molar-refractivity contribution in [3.8, 4) is 0 Å². The maximum Gasteiger partial charge on any atom is 0.224 e. The molecule has 2 aromatic rings. The largest absolute Gasteiger partial charge is 0.464 e. The maximum atomic E-state index is 12.3. The minimum atomic E-state index is 0.0993. The van der Waals surface area contributed by atoms with E-state index >= 15 is 0 Å². The maximum absolute atomic E-state index is 12.3. The van der Waals surface area contributed by atoms with Crippen molar-refractivity contribution >= 4 is 16.9 Å². The van der Waals surface area contributed by atoms with Gasteiger partial charge < -0.3 is 14.6 Å². The second-order valence-electron chi connectivity index (χ2n) is 6.62. The summed E-state index contributed by atoms with van der Waals surface area (Å²) in [7, 11) is 0. The summed E-state index contributed by atoms with van der Waals surface area (Å²) >= 11 is 0. The van der Waals surface area contributed by atoms with E-state index in [9.17, 15) is 4.79 Å². The first kappa shape index (κ1) is 16.1. The number of rotatable bonds is 5. The normalized spacial score (nSPS) is 16.8. The standard InChI is InChI=1S/C19H26N2O2/c1-3-8-21-9-6-16(7-10-21)20-19(22)12-15-13-23-18-11-14(2)4-5-17(15)18/h4-5,11,13,16H,3,6-10,12H2,1-2H3,(H,20,22). The first-order valence-corrected chi connectivity index (χ1v) is 8.64. The summed E-state index contributed by atoms with van der Waals surface area (Å²) in [6.07, 6.45) is 5.41. The molecule has 0 atom stereocenters. The van der Waals surface area contributed by atoms with Crippen LogP contribution in [0.15, 0.2) is 28.9 Å². The molecule has 0 radical (unpaired) electrons. The molecule has 0 aliphatic carbocycles. The number of nitrogens with zero attached hydrogens (tertiary/aromatic N) is 1. The Bertz CT molecular complexity index is 669. The van der Waals surface area contributed by atoms with Gasteiger partial charge in [0.15, 0.2) is 0 Å². The van der Waals surface area contributed by atoms with Gasteiger partial charge in [0.2, 0.25) is 5.91 Å². The Morgan fingerprint density at radius 3 is 2.87 bits per heavy atom. The third-order valence-corrected chi connectivity index (χ3v) is 4.65. The third-order valence-electron chi connectivity index (χ3n) is 4.65. The molecule has 1 aliphatic rings. The Hall–Kier alpha value is -1.81. The number of likely N-dealkylation sites (tertiary alicyclic amines) is 1. The lowest BCUT2D eigenvalue weighted by molar-refractivity contribution is -0.121. The molecule has 1 N–H and O–H groups in total. The molecular weight excluding hydrogens is 288 g/mol. The number of amides is 1. The first-order chi connectivity index (χ1) is 11.2. The molecule has 1 aliphatic heterocycles. The molecule has 0 bridgehead atoms. The van der Waals surface area contributed by atoms with E-state index in [1.807, 2.05) is 19.1 Å². The summed E-state index contributed by atoms with van der Waals surface area (Å²) in [5, 5.41) is 4.23. The van der Waals surface area contributed by atoms with Crippen LogP contribution in [-0.4, -0.2) is 36.5 Å². The van der Waals surface area contributed by atoms with E-state index in [1.165, 1.54) is 18.5 Å². The monoisotopic (exact) mass is 314 g/mol. The van der Waals surface area contributed by atoms with E-state index < -0.39 is 0 Å². The summed E-state index contributed by atoms with van der Waals surface area (Å²) in [5.41, 5.74) is 3.00. The topological polar surface area (TPSA) is 45.5 Å². The van der Waals surface area contributed by atoms with Crippen molar-refractivity contribution in [1.29, 1.82) is 0 Å². The Labute approximate surface area is 137 Å². The predicted molar refractivity (Wildman–Crippen MR) is 92.6 cm³/mol. The highest BCUT2D eigenvalue weighted by atomic mass is 16.3. The average molecular weight is 314 g/mol. The second kappa shape index (κ2) is 7.18.